The summed E-state index contributed by atoms with van der Waals surface area (Å²) in [6, 6.07) is 13.0. The van der Waals surface area contributed by atoms with E-state index >= 15 is 0 Å². The van der Waals surface area contributed by atoms with Gasteiger partial charge in [-0.3, -0.25) is 4.79 Å². The van der Waals surface area contributed by atoms with Crippen LogP contribution in [0, 0.1) is 6.92 Å². The van der Waals surface area contributed by atoms with E-state index in [-0.39, 0.29) is 5.91 Å². The molecule has 1 fully saturated rings. The van der Waals surface area contributed by atoms with Gasteiger partial charge in [-0.2, -0.15) is 0 Å². The molecule has 9 nitrogen and oxygen atoms in total. The van der Waals surface area contributed by atoms with Gasteiger partial charge in [0.05, 0.1) is 7.11 Å². The lowest BCUT2D eigenvalue weighted by atomic mass is 10.2. The van der Waals surface area contributed by atoms with E-state index in [2.05, 4.69) is 30.4 Å². The largest absolute Gasteiger partial charge is 0.480 e. The van der Waals surface area contributed by atoms with E-state index in [9.17, 15) is 4.79 Å². The summed E-state index contributed by atoms with van der Waals surface area (Å²) in [5.41, 5.74) is 1.41. The molecule has 9 heteroatoms. The van der Waals surface area contributed by atoms with Crippen LogP contribution in [-0.4, -0.2) is 64.3 Å². The molecule has 0 aliphatic carbocycles. The summed E-state index contributed by atoms with van der Waals surface area (Å²) in [6.45, 7) is 4.47. The van der Waals surface area contributed by atoms with E-state index in [0.717, 1.165) is 17.3 Å². The van der Waals surface area contributed by atoms with E-state index < -0.39 is 0 Å². The van der Waals surface area contributed by atoms with Gasteiger partial charge in [-0.15, -0.1) is 10.2 Å². The first kappa shape index (κ1) is 19.6. The summed E-state index contributed by atoms with van der Waals surface area (Å²) < 4.78 is 5.21. The Kier molecular flexibility index (Phi) is 5.69. The van der Waals surface area contributed by atoms with E-state index in [1.165, 1.54) is 7.11 Å². The number of nitrogens with one attached hydrogen (secondary N) is 1. The van der Waals surface area contributed by atoms with Crippen molar-refractivity contribution in [2.45, 2.75) is 6.92 Å². The lowest BCUT2D eigenvalue weighted by Crippen LogP contribution is -2.49. The minimum Gasteiger partial charge on any atom is -0.480 e. The number of hydrogen-bond donors (Lipinski definition) is 1. The fourth-order valence-electron chi connectivity index (χ4n) is 3.33. The molecule has 1 N–H and O–H groups in total. The molecule has 0 saturated carbocycles. The van der Waals surface area contributed by atoms with Crippen LogP contribution in [0.15, 0.2) is 48.7 Å². The zero-order valence-electron chi connectivity index (χ0n) is 16.9. The highest BCUT2D eigenvalue weighted by molar-refractivity contribution is 5.96. The van der Waals surface area contributed by atoms with E-state index in [0.29, 0.717) is 43.4 Å². The van der Waals surface area contributed by atoms with Crippen molar-refractivity contribution in [3.05, 3.63) is 59.9 Å². The SMILES string of the molecule is COc1ncccc1C(=O)N1CCN(c2ccc(Nc3cccc(C)n3)nn2)CC1. The number of methoxy groups -OCH3 is 1. The smallest absolute Gasteiger partial charge is 0.259 e. The highest BCUT2D eigenvalue weighted by atomic mass is 16.5. The average Bonchev–Trinajstić information content (AvgIpc) is 2.79. The van der Waals surface area contributed by atoms with Gasteiger partial charge in [0.15, 0.2) is 11.6 Å². The number of anilines is 3. The van der Waals surface area contributed by atoms with Crippen molar-refractivity contribution in [1.82, 2.24) is 25.1 Å². The standard InChI is InChI=1S/C21H23N7O2/c1-15-5-3-7-17(23-15)24-18-8-9-19(26-25-18)27-11-13-28(14-12-27)21(29)16-6-4-10-22-20(16)30-2/h3-10H,11-14H2,1-2H3,(H,23,24,25). The number of amides is 1. The summed E-state index contributed by atoms with van der Waals surface area (Å²) in [5, 5.41) is 11.7. The molecule has 0 unspecified atom stereocenters. The second-order valence-electron chi connectivity index (χ2n) is 6.91. The van der Waals surface area contributed by atoms with Crippen LogP contribution < -0.4 is 15.0 Å². The number of piperazine rings is 1. The Bertz CT molecular complexity index is 1020. The molecule has 0 aromatic carbocycles. The molecule has 3 aromatic rings. The van der Waals surface area contributed by atoms with Gasteiger partial charge in [0.1, 0.15) is 11.4 Å². The first-order chi connectivity index (χ1) is 14.6. The van der Waals surface area contributed by atoms with Gasteiger partial charge in [0.2, 0.25) is 5.88 Å². The number of rotatable bonds is 5. The van der Waals surface area contributed by atoms with Crippen molar-refractivity contribution in [1.29, 1.82) is 0 Å². The molecule has 1 aliphatic rings. The summed E-state index contributed by atoms with van der Waals surface area (Å²) in [5.74, 6) is 2.42. The van der Waals surface area contributed by atoms with E-state index in [1.807, 2.05) is 42.2 Å². The molecule has 1 amide bonds. The Morgan fingerprint density at radius 1 is 1.00 bits per heavy atom. The number of aromatic nitrogens is 4. The predicted octanol–water partition coefficient (Wildman–Crippen LogP) is 2.29. The summed E-state index contributed by atoms with van der Waals surface area (Å²) >= 11 is 0. The molecule has 0 atom stereocenters. The summed E-state index contributed by atoms with van der Waals surface area (Å²) in [7, 11) is 1.52. The molecule has 0 bridgehead atoms. The molecule has 30 heavy (non-hydrogen) atoms. The van der Waals surface area contributed by atoms with E-state index in [4.69, 9.17) is 4.74 Å². The number of nitrogens with zero attached hydrogens (tertiary/aromatic N) is 6. The lowest BCUT2D eigenvalue weighted by Gasteiger charge is -2.35. The van der Waals surface area contributed by atoms with Gasteiger partial charge in [-0.25, -0.2) is 9.97 Å². The second kappa shape index (κ2) is 8.73. The molecule has 4 rings (SSSR count). The second-order valence-corrected chi connectivity index (χ2v) is 6.91. The van der Waals surface area contributed by atoms with Gasteiger partial charge in [0, 0.05) is 38.1 Å². The number of pyridine rings is 2. The Morgan fingerprint density at radius 3 is 2.53 bits per heavy atom. The third-order valence-electron chi connectivity index (χ3n) is 4.88. The normalized spacial score (nSPS) is 13.8. The quantitative estimate of drug-likeness (QED) is 0.691. The Balaban J connectivity index is 1.36. The van der Waals surface area contributed by atoms with Crippen molar-refractivity contribution >= 4 is 23.4 Å². The monoisotopic (exact) mass is 405 g/mol. The lowest BCUT2D eigenvalue weighted by molar-refractivity contribution is 0.0742. The van der Waals surface area contributed by atoms with Gasteiger partial charge >= 0.3 is 0 Å². The Morgan fingerprint density at radius 2 is 1.83 bits per heavy atom. The summed E-state index contributed by atoms with van der Waals surface area (Å²) in [6.07, 6.45) is 1.61. The van der Waals surface area contributed by atoms with Gasteiger partial charge < -0.3 is 19.9 Å². The van der Waals surface area contributed by atoms with Crippen LogP contribution in [0.3, 0.4) is 0 Å². The van der Waals surface area contributed by atoms with Crippen LogP contribution in [0.25, 0.3) is 0 Å². The molecular formula is C21H23N7O2. The van der Waals surface area contributed by atoms with Crippen LogP contribution in [0.1, 0.15) is 16.1 Å². The Labute approximate surface area is 174 Å². The van der Waals surface area contributed by atoms with Crippen LogP contribution in [-0.2, 0) is 0 Å². The summed E-state index contributed by atoms with van der Waals surface area (Å²) in [4.78, 5) is 25.2. The van der Waals surface area contributed by atoms with Crippen molar-refractivity contribution in [2.75, 3.05) is 43.5 Å². The molecule has 154 valence electrons. The number of carbonyl (C=O) groups excluding carboxylic acids is 1. The van der Waals surface area contributed by atoms with Crippen LogP contribution >= 0.6 is 0 Å². The molecular weight excluding hydrogens is 382 g/mol. The fraction of sp³-hybridized carbons (Fsp3) is 0.286. The van der Waals surface area contributed by atoms with Gasteiger partial charge in [0.25, 0.3) is 5.91 Å². The predicted molar refractivity (Wildman–Crippen MR) is 113 cm³/mol. The van der Waals surface area contributed by atoms with E-state index in [1.54, 1.807) is 18.3 Å². The first-order valence-electron chi connectivity index (χ1n) is 9.71. The maximum atomic E-state index is 12.8. The first-order valence-corrected chi connectivity index (χ1v) is 9.71. The van der Waals surface area contributed by atoms with Gasteiger partial charge in [-0.05, 0) is 43.3 Å². The fourth-order valence-corrected chi connectivity index (χ4v) is 3.33. The van der Waals surface area contributed by atoms with Gasteiger partial charge in [-0.1, -0.05) is 6.07 Å². The van der Waals surface area contributed by atoms with Crippen molar-refractivity contribution < 1.29 is 9.53 Å². The molecule has 1 saturated heterocycles. The number of carbonyl (C=O) groups is 1. The van der Waals surface area contributed by atoms with Crippen LogP contribution in [0.4, 0.5) is 17.5 Å². The zero-order valence-corrected chi connectivity index (χ0v) is 16.9. The van der Waals surface area contributed by atoms with Crippen LogP contribution in [0.2, 0.25) is 0 Å². The third kappa shape index (κ3) is 4.29. The van der Waals surface area contributed by atoms with Crippen molar-refractivity contribution in [3.8, 4) is 5.88 Å². The number of ether oxygens (including phenoxy) is 1. The topological polar surface area (TPSA) is 96.4 Å². The average molecular weight is 405 g/mol. The third-order valence-corrected chi connectivity index (χ3v) is 4.88. The number of hydrogen-bond acceptors (Lipinski definition) is 8. The molecule has 0 spiro atoms. The highest BCUT2D eigenvalue weighted by Crippen LogP contribution is 2.20. The van der Waals surface area contributed by atoms with Crippen molar-refractivity contribution in [3.63, 3.8) is 0 Å². The minimum absolute atomic E-state index is 0.0733. The van der Waals surface area contributed by atoms with Crippen LogP contribution in [0.5, 0.6) is 5.88 Å². The minimum atomic E-state index is -0.0733. The molecule has 0 radical (unpaired) electrons. The molecule has 4 heterocycles. The Hall–Kier alpha value is -3.75. The highest BCUT2D eigenvalue weighted by Gasteiger charge is 2.25. The zero-order chi connectivity index (χ0) is 20.9. The molecule has 1 aliphatic heterocycles. The maximum absolute atomic E-state index is 12.8. The van der Waals surface area contributed by atoms with Crippen molar-refractivity contribution in [2.24, 2.45) is 0 Å². The number of aryl methyl sites for hydroxylation is 1. The molecule has 3 aromatic heterocycles. The maximum Gasteiger partial charge on any atom is 0.259 e.